The smallest absolute Gasteiger partial charge is 0.350 e. The van der Waals surface area contributed by atoms with Gasteiger partial charge >= 0.3 is 13.3 Å². The number of nitrogens with zero attached hydrogens (tertiary/aromatic N) is 1. The lowest BCUT2D eigenvalue weighted by Crippen LogP contribution is -2.33. The Morgan fingerprint density at radius 2 is 2.18 bits per heavy atom. The molecule has 4 N–H and O–H groups in total. The van der Waals surface area contributed by atoms with Gasteiger partial charge in [-0.2, -0.15) is 0 Å². The third-order valence-electron chi connectivity index (χ3n) is 3.27. The second-order valence-corrected chi connectivity index (χ2v) is 6.61. The first-order chi connectivity index (χ1) is 10.2. The van der Waals surface area contributed by atoms with Gasteiger partial charge in [-0.3, -0.25) is 18.9 Å². The van der Waals surface area contributed by atoms with E-state index in [-0.39, 0.29) is 6.42 Å². The minimum atomic E-state index is -4.35. The molecule has 0 aromatic carbocycles. The normalized spacial score (nSPS) is 25.5. The summed E-state index contributed by atoms with van der Waals surface area (Å²) in [6, 6.07) is 0. The van der Waals surface area contributed by atoms with Crippen molar-refractivity contribution in [3.8, 4) is 0 Å². The van der Waals surface area contributed by atoms with E-state index in [2.05, 4.69) is 4.98 Å². The minimum Gasteiger partial charge on any atom is -0.394 e. The molecule has 1 aliphatic rings. The number of aromatic amines is 1. The molecular weight excluding hydrogens is 319 g/mol. The molecule has 124 valence electrons. The molecule has 22 heavy (non-hydrogen) atoms. The molecule has 10 nitrogen and oxygen atoms in total. The zero-order chi connectivity index (χ0) is 16.5. The molecule has 0 aliphatic carbocycles. The highest BCUT2D eigenvalue weighted by molar-refractivity contribution is 7.51. The minimum absolute atomic E-state index is 0.108. The van der Waals surface area contributed by atoms with Gasteiger partial charge < -0.3 is 24.4 Å². The Morgan fingerprint density at radius 1 is 1.50 bits per heavy atom. The Kier molecular flexibility index (Phi) is 5.00. The van der Waals surface area contributed by atoms with Crippen molar-refractivity contribution in [3.05, 3.63) is 32.6 Å². The van der Waals surface area contributed by atoms with Crippen molar-refractivity contribution in [2.24, 2.45) is 0 Å². The highest BCUT2D eigenvalue weighted by atomic mass is 31.2. The van der Waals surface area contributed by atoms with Crippen molar-refractivity contribution in [2.75, 3.05) is 13.0 Å². The van der Waals surface area contributed by atoms with Crippen LogP contribution in [0.4, 0.5) is 0 Å². The summed E-state index contributed by atoms with van der Waals surface area (Å²) in [7, 11) is -4.35. The summed E-state index contributed by atoms with van der Waals surface area (Å²) < 4.78 is 22.5. The molecule has 0 unspecified atom stereocenters. The van der Waals surface area contributed by atoms with E-state index in [1.54, 1.807) is 0 Å². The molecule has 0 radical (unpaired) electrons. The number of ether oxygens (including phenoxy) is 2. The van der Waals surface area contributed by atoms with Crippen LogP contribution in [0.15, 0.2) is 15.8 Å². The van der Waals surface area contributed by atoms with Gasteiger partial charge in [-0.25, -0.2) is 4.79 Å². The lowest BCUT2D eigenvalue weighted by atomic mass is 10.2. The molecule has 1 aromatic rings. The largest absolute Gasteiger partial charge is 0.394 e. The zero-order valence-corrected chi connectivity index (χ0v) is 12.6. The summed E-state index contributed by atoms with van der Waals surface area (Å²) in [6.45, 7) is 1.09. The van der Waals surface area contributed by atoms with Crippen LogP contribution in [-0.4, -0.2) is 49.6 Å². The number of H-pyrrole nitrogens is 1. The van der Waals surface area contributed by atoms with Gasteiger partial charge in [-0.05, 0) is 6.92 Å². The van der Waals surface area contributed by atoms with E-state index in [1.165, 1.54) is 13.1 Å². The Labute approximate surface area is 124 Å². The Morgan fingerprint density at radius 3 is 2.77 bits per heavy atom. The summed E-state index contributed by atoms with van der Waals surface area (Å²) >= 11 is 0. The molecule has 1 fully saturated rings. The van der Waals surface area contributed by atoms with E-state index >= 15 is 0 Å². The summed E-state index contributed by atoms with van der Waals surface area (Å²) in [6.07, 6.45) is -1.77. The maximum absolute atomic E-state index is 11.8. The Balaban J connectivity index is 2.18. The van der Waals surface area contributed by atoms with E-state index in [1.807, 2.05) is 0 Å². The van der Waals surface area contributed by atoms with Gasteiger partial charge in [0.1, 0.15) is 18.7 Å². The first-order valence-corrected chi connectivity index (χ1v) is 8.25. The average molecular weight is 336 g/mol. The van der Waals surface area contributed by atoms with Crippen LogP contribution in [0.1, 0.15) is 18.2 Å². The second kappa shape index (κ2) is 6.45. The molecule has 11 heteroatoms. The SMILES string of the molecule is Cc1cn([C@H]2C[C@H](OCP(=O)(O)O)[C@@H](CO)O2)c(=O)[nH]c1=O. The van der Waals surface area contributed by atoms with Gasteiger partial charge in [0.15, 0.2) is 0 Å². The van der Waals surface area contributed by atoms with Crippen molar-refractivity contribution in [1.82, 2.24) is 9.55 Å². The Hall–Kier alpha value is -1.29. The maximum atomic E-state index is 11.8. The van der Waals surface area contributed by atoms with Gasteiger partial charge in [-0.15, -0.1) is 0 Å². The molecule has 2 heterocycles. The maximum Gasteiger partial charge on any atom is 0.350 e. The molecule has 0 amide bonds. The number of aryl methyl sites for hydroxylation is 1. The summed E-state index contributed by atoms with van der Waals surface area (Å²) in [5.74, 6) is 0. The van der Waals surface area contributed by atoms with E-state index in [9.17, 15) is 19.3 Å². The molecule has 1 aliphatic heterocycles. The number of aromatic nitrogens is 2. The van der Waals surface area contributed by atoms with Crippen LogP contribution in [0, 0.1) is 6.92 Å². The van der Waals surface area contributed by atoms with Crippen molar-refractivity contribution < 1.29 is 28.9 Å². The number of aliphatic hydroxyl groups excluding tert-OH is 1. The van der Waals surface area contributed by atoms with Crippen LogP contribution in [0.5, 0.6) is 0 Å². The summed E-state index contributed by atoms with van der Waals surface area (Å²) in [5, 5.41) is 9.25. The zero-order valence-electron chi connectivity index (χ0n) is 11.7. The number of rotatable bonds is 5. The lowest BCUT2D eigenvalue weighted by Gasteiger charge is -2.16. The predicted octanol–water partition coefficient (Wildman–Crippen LogP) is -1.35. The first-order valence-electron chi connectivity index (χ1n) is 6.46. The van der Waals surface area contributed by atoms with Crippen molar-refractivity contribution in [2.45, 2.75) is 31.8 Å². The molecule has 1 saturated heterocycles. The van der Waals surface area contributed by atoms with Crippen LogP contribution in [0.25, 0.3) is 0 Å². The molecular formula is C11H17N2O8P. The van der Waals surface area contributed by atoms with E-state index in [0.717, 1.165) is 4.57 Å². The van der Waals surface area contributed by atoms with E-state index in [0.29, 0.717) is 5.56 Å². The second-order valence-electron chi connectivity index (χ2n) is 5.03. The van der Waals surface area contributed by atoms with Gasteiger partial charge in [0.2, 0.25) is 0 Å². The van der Waals surface area contributed by atoms with Crippen molar-refractivity contribution in [1.29, 1.82) is 0 Å². The average Bonchev–Trinajstić information content (AvgIpc) is 2.83. The third kappa shape index (κ3) is 3.92. The van der Waals surface area contributed by atoms with Crippen LogP contribution >= 0.6 is 7.60 Å². The van der Waals surface area contributed by atoms with Crippen molar-refractivity contribution >= 4 is 7.60 Å². The molecule has 0 saturated carbocycles. The standard InChI is InChI=1S/C11H17N2O8P/c1-6-3-13(11(16)12-10(6)15)9-2-7(8(4-14)21-9)20-5-22(17,18)19/h3,7-9,14H,2,4-5H2,1H3,(H,12,15,16)(H2,17,18,19)/t7-,8+,9+/m0/s1. The fourth-order valence-electron chi connectivity index (χ4n) is 2.20. The van der Waals surface area contributed by atoms with Crippen LogP contribution in [0.2, 0.25) is 0 Å². The first kappa shape index (κ1) is 17.1. The molecule has 3 atom stereocenters. The lowest BCUT2D eigenvalue weighted by molar-refractivity contribution is -0.0573. The van der Waals surface area contributed by atoms with E-state index in [4.69, 9.17) is 19.3 Å². The highest BCUT2D eigenvalue weighted by Crippen LogP contribution is 2.37. The summed E-state index contributed by atoms with van der Waals surface area (Å²) in [4.78, 5) is 42.9. The molecule has 0 spiro atoms. The fourth-order valence-corrected chi connectivity index (χ4v) is 2.59. The third-order valence-corrected chi connectivity index (χ3v) is 3.76. The van der Waals surface area contributed by atoms with Gasteiger partial charge in [0.25, 0.3) is 5.56 Å². The van der Waals surface area contributed by atoms with Crippen LogP contribution in [-0.2, 0) is 14.0 Å². The predicted molar refractivity (Wildman–Crippen MR) is 73.5 cm³/mol. The number of hydrogen-bond donors (Lipinski definition) is 4. The van der Waals surface area contributed by atoms with Crippen molar-refractivity contribution in [3.63, 3.8) is 0 Å². The van der Waals surface area contributed by atoms with Crippen LogP contribution in [0.3, 0.4) is 0 Å². The van der Waals surface area contributed by atoms with Gasteiger partial charge in [-0.1, -0.05) is 0 Å². The molecule has 2 rings (SSSR count). The highest BCUT2D eigenvalue weighted by Gasteiger charge is 2.38. The fraction of sp³-hybridized carbons (Fsp3) is 0.636. The number of hydrogen-bond acceptors (Lipinski definition) is 6. The van der Waals surface area contributed by atoms with Gasteiger partial charge in [0.05, 0.1) is 12.7 Å². The number of aliphatic hydroxyl groups is 1. The summed E-state index contributed by atoms with van der Waals surface area (Å²) in [5.41, 5.74) is -0.872. The molecule has 1 aromatic heterocycles. The van der Waals surface area contributed by atoms with Crippen LogP contribution < -0.4 is 11.2 Å². The monoisotopic (exact) mass is 336 g/mol. The van der Waals surface area contributed by atoms with Gasteiger partial charge in [0, 0.05) is 18.2 Å². The topological polar surface area (TPSA) is 151 Å². The Bertz CT molecular complexity index is 692. The van der Waals surface area contributed by atoms with E-state index < -0.39 is 50.2 Å². The molecule has 0 bridgehead atoms. The quantitative estimate of drug-likeness (QED) is 0.482. The number of nitrogens with one attached hydrogen (secondary N) is 1.